The molecule has 688 valence electrons. The molecule has 38 nitrogen and oxygen atoms in total. The second-order valence-corrected chi connectivity index (χ2v) is 32.0. The van der Waals surface area contributed by atoms with Crippen LogP contribution >= 0.6 is 0 Å². The molecule has 6 aromatic rings. The number of cyclic esters (lactones) is 1. The van der Waals surface area contributed by atoms with Gasteiger partial charge in [-0.2, -0.15) is 0 Å². The number of benzene rings is 4. The molecule has 2 aromatic heterocycles. The van der Waals surface area contributed by atoms with Gasteiger partial charge in [0.15, 0.2) is 5.60 Å². The third kappa shape index (κ3) is 24.9. The first-order valence-electron chi connectivity index (χ1n) is 42.2. The van der Waals surface area contributed by atoms with Crippen LogP contribution < -0.4 is 48.5 Å². The number of unbranched alkanes of at least 4 members (excludes halogenated alkanes) is 1. The Morgan fingerprint density at radius 3 is 1.85 bits per heavy atom. The molecule has 8 amide bonds. The number of pyridine rings is 2. The van der Waals surface area contributed by atoms with Crippen molar-refractivity contribution in [1.29, 1.82) is 0 Å². The van der Waals surface area contributed by atoms with Crippen molar-refractivity contribution in [2.24, 2.45) is 11.7 Å². The summed E-state index contributed by atoms with van der Waals surface area (Å²) in [5, 5.41) is 131. The van der Waals surface area contributed by atoms with Crippen molar-refractivity contribution in [3.05, 3.63) is 151 Å². The third-order valence-corrected chi connectivity index (χ3v) is 23.0. The lowest BCUT2D eigenvalue weighted by Crippen LogP contribution is -2.57. The fourth-order valence-electron chi connectivity index (χ4n) is 15.9. The maximum atomic E-state index is 15.6. The standard InChI is InChI=1S/C87H116FN11O27/c1-5-87(119)59-37-65-74-56(39-99(65)82(114)58(59)46-124-83(87)115)72-61(24-23-51-48(4)60(88)38-64(93-74)71(51)72)95-85(117)125-44-49-19-21-50(22-20-49)92-79(111)62(18-12-27-91-84(89)116)94-81(113)73(47(2)3)97-80(112)63(96-86(118)126-45-57-54-15-8-6-13-52(54)53-14-7-9-16-55(53)57)17-10-11-26-90-70(106)25-29-120-31-33-122-35-36-123-34-32-121-30-28-98(40-66(102)75(107)77(109)68(104)42-100)41-67(103)76(108)78(110)69(105)43-101/h6-9,13-16,19-22,37-38,47,57,61-63,66-69,73,75-78,100-105,107-110,119H,5,10-12,17-18,23-36,39-46H2,1-4H3,(H,90,106)(H,92,111)(H,94,113)(H,95,117)(H,96,118)(H,97,112)(H3,89,91,116)/t61-,62-,63-,66-,67-,68+,69+,73-,75+,76+,77+,78+,87-/m0/s1. The summed E-state index contributed by atoms with van der Waals surface area (Å²) < 4.78 is 56.2. The number of rotatable bonds is 50. The molecule has 126 heavy (non-hydrogen) atoms. The predicted octanol–water partition coefficient (Wildman–Crippen LogP) is 0.278. The summed E-state index contributed by atoms with van der Waals surface area (Å²) in [6.07, 6.45) is -15.1. The van der Waals surface area contributed by atoms with Gasteiger partial charge in [-0.1, -0.05) is 81.4 Å². The molecule has 13 atom stereocenters. The zero-order chi connectivity index (χ0) is 91.1. The van der Waals surface area contributed by atoms with Gasteiger partial charge in [-0.3, -0.25) is 28.9 Å². The number of anilines is 1. The van der Waals surface area contributed by atoms with Gasteiger partial charge in [0.1, 0.15) is 80.4 Å². The molecule has 2 aliphatic carbocycles. The van der Waals surface area contributed by atoms with Crippen molar-refractivity contribution in [2.75, 3.05) is 111 Å². The van der Waals surface area contributed by atoms with E-state index in [1.807, 2.05) is 48.5 Å². The third-order valence-electron chi connectivity index (χ3n) is 23.0. The number of halogens is 1. The van der Waals surface area contributed by atoms with Crippen molar-refractivity contribution < 1.29 is 132 Å². The van der Waals surface area contributed by atoms with Crippen LogP contribution in [0.4, 0.5) is 24.5 Å². The lowest BCUT2D eigenvalue weighted by molar-refractivity contribution is -0.172. The van der Waals surface area contributed by atoms with Crippen LogP contribution in [-0.4, -0.2) is 291 Å². The Morgan fingerprint density at radius 1 is 0.667 bits per heavy atom. The quantitative estimate of drug-likeness (QED) is 0.0138. The number of hydrogen-bond donors (Lipinski definition) is 19. The Hall–Kier alpha value is -10.3. The van der Waals surface area contributed by atoms with Crippen LogP contribution in [-0.2, 0) is 88.9 Å². The van der Waals surface area contributed by atoms with E-state index in [4.69, 9.17) is 54.1 Å². The molecule has 4 heterocycles. The van der Waals surface area contributed by atoms with E-state index in [2.05, 4.69) is 37.2 Å². The summed E-state index contributed by atoms with van der Waals surface area (Å²) in [7, 11) is 0. The first kappa shape index (κ1) is 97.9. The van der Waals surface area contributed by atoms with E-state index in [1.54, 1.807) is 58.0 Å². The number of primary amides is 1. The topological polar surface area (TPSA) is 572 Å². The summed E-state index contributed by atoms with van der Waals surface area (Å²) in [5.41, 5.74) is 11.0. The first-order valence-corrected chi connectivity index (χ1v) is 42.2. The molecule has 39 heteroatoms. The zero-order valence-corrected chi connectivity index (χ0v) is 70.7. The number of aliphatic hydroxyl groups excluding tert-OH is 10. The lowest BCUT2D eigenvalue weighted by Gasteiger charge is -2.33. The zero-order valence-electron chi connectivity index (χ0n) is 70.7. The maximum Gasteiger partial charge on any atom is 0.407 e. The molecule has 0 bridgehead atoms. The Morgan fingerprint density at radius 2 is 1.25 bits per heavy atom. The Bertz CT molecular complexity index is 4740. The van der Waals surface area contributed by atoms with Crippen LogP contribution in [0, 0.1) is 18.7 Å². The molecule has 0 saturated heterocycles. The van der Waals surface area contributed by atoms with Crippen LogP contribution in [0.25, 0.3) is 33.4 Å². The second-order valence-electron chi connectivity index (χ2n) is 32.0. The predicted molar refractivity (Wildman–Crippen MR) is 450 cm³/mol. The molecule has 0 radical (unpaired) electrons. The van der Waals surface area contributed by atoms with E-state index in [9.17, 15) is 89.1 Å². The highest BCUT2D eigenvalue weighted by Crippen LogP contribution is 2.47. The number of alkyl carbamates (subject to hydrolysis) is 2. The fraction of sp³-hybridized carbons (Fsp3) is 0.540. The minimum atomic E-state index is -2.09. The van der Waals surface area contributed by atoms with Crippen molar-refractivity contribution >= 4 is 64.4 Å². The smallest absolute Gasteiger partial charge is 0.407 e. The Labute approximate surface area is 725 Å². The molecule has 0 saturated carbocycles. The molecule has 20 N–H and O–H groups in total. The fourth-order valence-corrected chi connectivity index (χ4v) is 15.9. The van der Waals surface area contributed by atoms with Gasteiger partial charge in [0, 0.05) is 73.3 Å². The minimum absolute atomic E-state index is 0.00466. The molecular weight excluding hydrogens is 1650 g/mol. The van der Waals surface area contributed by atoms with Crippen molar-refractivity contribution in [3.63, 3.8) is 0 Å². The van der Waals surface area contributed by atoms with E-state index < -0.39 is 164 Å². The maximum absolute atomic E-state index is 15.6. The number of ether oxygens (including phenoxy) is 7. The van der Waals surface area contributed by atoms with Crippen LogP contribution in [0.15, 0.2) is 89.7 Å². The summed E-state index contributed by atoms with van der Waals surface area (Å²) in [5.74, 6) is -4.79. The number of amides is 8. The molecule has 0 unspecified atom stereocenters. The first-order chi connectivity index (χ1) is 60.4. The monoisotopic (exact) mass is 1770 g/mol. The van der Waals surface area contributed by atoms with Gasteiger partial charge < -0.3 is 137 Å². The number of nitrogens with zero attached hydrogens (tertiary/aromatic N) is 3. The average Bonchev–Trinajstić information content (AvgIpc) is 1.51. The number of aryl methyl sites for hydroxylation is 1. The number of aliphatic hydroxyl groups is 11. The molecular formula is C87H116FN11O27. The van der Waals surface area contributed by atoms with Gasteiger partial charge in [0.2, 0.25) is 23.6 Å². The summed E-state index contributed by atoms with van der Waals surface area (Å²) in [6, 6.07) is 19.4. The van der Waals surface area contributed by atoms with Gasteiger partial charge in [0.25, 0.3) is 5.56 Å². The van der Waals surface area contributed by atoms with Gasteiger partial charge in [0.05, 0.1) is 113 Å². The lowest BCUT2D eigenvalue weighted by atomic mass is 9.81. The van der Waals surface area contributed by atoms with Crippen molar-refractivity contribution in [1.82, 2.24) is 46.4 Å². The summed E-state index contributed by atoms with van der Waals surface area (Å²) in [6.45, 7) is 4.30. The number of fused-ring (bicyclic) bond motifs is 8. The van der Waals surface area contributed by atoms with Crippen LogP contribution in [0.3, 0.4) is 0 Å². The van der Waals surface area contributed by atoms with E-state index in [1.165, 1.54) is 15.5 Å². The van der Waals surface area contributed by atoms with Crippen molar-refractivity contribution in [2.45, 2.75) is 190 Å². The highest BCUT2D eigenvalue weighted by atomic mass is 19.1. The number of urea groups is 1. The number of esters is 1. The SMILES string of the molecule is CC[C@@]1(O)C(=O)OCc2c1cc1n(c2=O)Cc2c-1nc1cc(F)c(C)c3c1c2[C@@H](NC(=O)OCc1ccc(NC(=O)[C@H](CCCNC(N)=O)NC(=O)[C@@H](NC(=O)[C@H](CCCCNC(=O)CCOCCOCCOCCOCCN(C[C@H](O)[C@@H](O)[C@H](O)[C@H](O)CO)C[C@H](O)[C@@H](O)[C@H](O)[C@H](O)CO)NC(=O)OCC2c4ccccc4-c4ccccc42)C(C)C)cc1)CC3. The van der Waals surface area contributed by atoms with E-state index in [0.717, 1.165) is 22.3 Å². The summed E-state index contributed by atoms with van der Waals surface area (Å²) >= 11 is 0. The van der Waals surface area contributed by atoms with E-state index in [-0.39, 0.29) is 172 Å². The number of aromatic nitrogens is 2. The van der Waals surface area contributed by atoms with Crippen LogP contribution in [0.5, 0.6) is 0 Å². The highest BCUT2D eigenvalue weighted by Gasteiger charge is 2.47. The molecule has 0 spiro atoms. The summed E-state index contributed by atoms with van der Waals surface area (Å²) in [4.78, 5) is 129. The second kappa shape index (κ2) is 46.4. The average molecular weight is 1770 g/mol. The number of carbonyl (C=O) groups excluding carboxylic acids is 8. The molecule has 2 aliphatic heterocycles. The van der Waals surface area contributed by atoms with Gasteiger partial charge in [-0.15, -0.1) is 0 Å². The normalized spacial score (nSPS) is 17.6. The number of nitrogens with one attached hydrogen (secondary N) is 7. The number of hydrogen-bond acceptors (Lipinski definition) is 29. The Kier molecular flexibility index (Phi) is 36.1. The van der Waals surface area contributed by atoms with Gasteiger partial charge in [-0.25, -0.2) is 28.6 Å². The van der Waals surface area contributed by atoms with E-state index in [0.29, 0.717) is 63.9 Å². The number of carbonyl (C=O) groups is 8. The van der Waals surface area contributed by atoms with Crippen molar-refractivity contribution in [3.8, 4) is 22.5 Å². The molecule has 4 aliphatic rings. The largest absolute Gasteiger partial charge is 0.458 e. The molecule has 0 fully saturated rings. The van der Waals surface area contributed by atoms with Gasteiger partial charge in [-0.05, 0) is 127 Å². The van der Waals surface area contributed by atoms with Crippen LogP contribution in [0.1, 0.15) is 134 Å². The minimum Gasteiger partial charge on any atom is -0.458 e. The molecule has 4 aromatic carbocycles. The highest BCUT2D eigenvalue weighted by molar-refractivity contribution is 5.99. The van der Waals surface area contributed by atoms with E-state index >= 15 is 4.39 Å². The van der Waals surface area contributed by atoms with Gasteiger partial charge >= 0.3 is 24.2 Å². The molecule has 10 rings (SSSR count). The van der Waals surface area contributed by atoms with Crippen LogP contribution in [0.2, 0.25) is 0 Å². The number of nitrogens with two attached hydrogens (primary N) is 1. The Balaban J connectivity index is 0.686.